The molecule has 4 nitrogen and oxygen atoms in total. The van der Waals surface area contributed by atoms with E-state index in [1.54, 1.807) is 0 Å². The van der Waals surface area contributed by atoms with Crippen LogP contribution in [0.3, 0.4) is 0 Å². The Kier molecular flexibility index (Phi) is 4.99. The second kappa shape index (κ2) is 7.14. The van der Waals surface area contributed by atoms with Crippen LogP contribution in [0.1, 0.15) is 56.6 Å². The van der Waals surface area contributed by atoms with Crippen molar-refractivity contribution in [3.63, 3.8) is 0 Å². The van der Waals surface area contributed by atoms with Gasteiger partial charge in [-0.05, 0) is 30.0 Å². The Morgan fingerprint density at radius 3 is 2.57 bits per heavy atom. The zero-order chi connectivity index (χ0) is 14.5. The SMILES string of the molecule is NNC(CC1CCCCC1)c1ccc2c(c1)OCCCO2. The van der Waals surface area contributed by atoms with Gasteiger partial charge in [-0.3, -0.25) is 11.3 Å². The molecule has 1 aromatic rings. The van der Waals surface area contributed by atoms with Crippen LogP contribution in [-0.4, -0.2) is 13.2 Å². The van der Waals surface area contributed by atoms with E-state index in [0.29, 0.717) is 0 Å². The number of nitrogens with one attached hydrogen (secondary N) is 1. The minimum absolute atomic E-state index is 0.199. The molecule has 1 saturated carbocycles. The molecule has 4 heteroatoms. The Balaban J connectivity index is 1.72. The highest BCUT2D eigenvalue weighted by molar-refractivity contribution is 5.44. The smallest absolute Gasteiger partial charge is 0.161 e. The third-order valence-electron chi connectivity index (χ3n) is 4.67. The average Bonchev–Trinajstić information content (AvgIpc) is 2.78. The van der Waals surface area contributed by atoms with Crippen LogP contribution in [0, 0.1) is 5.92 Å². The van der Waals surface area contributed by atoms with Crippen molar-refractivity contribution in [3.05, 3.63) is 23.8 Å². The van der Waals surface area contributed by atoms with Crippen molar-refractivity contribution in [2.75, 3.05) is 13.2 Å². The molecule has 0 amide bonds. The Morgan fingerprint density at radius 2 is 1.81 bits per heavy atom. The van der Waals surface area contributed by atoms with E-state index >= 15 is 0 Å². The van der Waals surface area contributed by atoms with E-state index < -0.39 is 0 Å². The van der Waals surface area contributed by atoms with Crippen molar-refractivity contribution in [2.24, 2.45) is 11.8 Å². The number of nitrogens with two attached hydrogens (primary N) is 1. The van der Waals surface area contributed by atoms with Crippen LogP contribution in [0.4, 0.5) is 0 Å². The van der Waals surface area contributed by atoms with Gasteiger partial charge in [-0.1, -0.05) is 38.2 Å². The summed E-state index contributed by atoms with van der Waals surface area (Å²) in [6.07, 6.45) is 8.83. The monoisotopic (exact) mass is 290 g/mol. The lowest BCUT2D eigenvalue weighted by Gasteiger charge is -2.26. The van der Waals surface area contributed by atoms with Crippen molar-refractivity contribution in [1.82, 2.24) is 5.43 Å². The molecule has 1 fully saturated rings. The summed E-state index contributed by atoms with van der Waals surface area (Å²) in [5, 5.41) is 0. The summed E-state index contributed by atoms with van der Waals surface area (Å²) in [7, 11) is 0. The summed E-state index contributed by atoms with van der Waals surface area (Å²) in [5.41, 5.74) is 4.19. The third kappa shape index (κ3) is 3.69. The number of benzene rings is 1. The van der Waals surface area contributed by atoms with Crippen LogP contribution >= 0.6 is 0 Å². The van der Waals surface area contributed by atoms with Gasteiger partial charge in [0.15, 0.2) is 11.5 Å². The van der Waals surface area contributed by atoms with E-state index in [1.807, 2.05) is 6.07 Å². The van der Waals surface area contributed by atoms with Gasteiger partial charge in [-0.25, -0.2) is 0 Å². The molecule has 1 unspecified atom stereocenters. The van der Waals surface area contributed by atoms with Gasteiger partial charge in [0.05, 0.1) is 13.2 Å². The van der Waals surface area contributed by atoms with E-state index in [1.165, 1.54) is 37.7 Å². The van der Waals surface area contributed by atoms with Crippen LogP contribution in [0.5, 0.6) is 11.5 Å². The maximum atomic E-state index is 5.81. The van der Waals surface area contributed by atoms with Gasteiger partial charge in [0.25, 0.3) is 0 Å². The molecule has 0 radical (unpaired) electrons. The van der Waals surface area contributed by atoms with Gasteiger partial charge in [0, 0.05) is 12.5 Å². The molecule has 1 atom stereocenters. The van der Waals surface area contributed by atoms with Crippen molar-refractivity contribution >= 4 is 0 Å². The number of hydrogen-bond acceptors (Lipinski definition) is 4. The zero-order valence-electron chi connectivity index (χ0n) is 12.6. The highest BCUT2D eigenvalue weighted by atomic mass is 16.5. The summed E-state index contributed by atoms with van der Waals surface area (Å²) >= 11 is 0. The number of hydrogen-bond donors (Lipinski definition) is 2. The van der Waals surface area contributed by atoms with E-state index in [-0.39, 0.29) is 6.04 Å². The molecular formula is C17H26N2O2. The van der Waals surface area contributed by atoms with Gasteiger partial charge < -0.3 is 9.47 Å². The van der Waals surface area contributed by atoms with Gasteiger partial charge in [-0.15, -0.1) is 0 Å². The molecule has 21 heavy (non-hydrogen) atoms. The summed E-state index contributed by atoms with van der Waals surface area (Å²) in [4.78, 5) is 0. The molecule has 1 aliphatic heterocycles. The standard InChI is InChI=1S/C17H26N2O2/c18-19-15(11-13-5-2-1-3-6-13)14-7-8-16-17(12-14)21-10-4-9-20-16/h7-8,12-13,15,19H,1-6,9-11,18H2. The summed E-state index contributed by atoms with van der Waals surface area (Å²) in [5.74, 6) is 8.30. The lowest BCUT2D eigenvalue weighted by atomic mass is 9.83. The molecule has 1 aliphatic carbocycles. The summed E-state index contributed by atoms with van der Waals surface area (Å²) in [6.45, 7) is 1.45. The predicted octanol–water partition coefficient (Wildman–Crippen LogP) is 3.32. The molecule has 3 N–H and O–H groups in total. The van der Waals surface area contributed by atoms with Crippen LogP contribution in [0.2, 0.25) is 0 Å². The van der Waals surface area contributed by atoms with Crippen molar-refractivity contribution in [1.29, 1.82) is 0 Å². The minimum Gasteiger partial charge on any atom is -0.490 e. The Bertz CT molecular complexity index is 458. The molecule has 2 aliphatic rings. The highest BCUT2D eigenvalue weighted by Crippen LogP contribution is 2.36. The summed E-state index contributed by atoms with van der Waals surface area (Å²) in [6, 6.07) is 6.42. The molecule has 1 aromatic carbocycles. The molecule has 0 saturated heterocycles. The molecule has 3 rings (SSSR count). The van der Waals surface area contributed by atoms with Gasteiger partial charge >= 0.3 is 0 Å². The molecule has 0 bridgehead atoms. The molecule has 116 valence electrons. The van der Waals surface area contributed by atoms with Crippen LogP contribution in [0.25, 0.3) is 0 Å². The fourth-order valence-electron chi connectivity index (χ4n) is 3.45. The second-order valence-electron chi connectivity index (χ2n) is 6.22. The Labute approximate surface area is 127 Å². The molecule has 0 aromatic heterocycles. The van der Waals surface area contributed by atoms with Crippen molar-refractivity contribution in [3.8, 4) is 11.5 Å². The quantitative estimate of drug-likeness (QED) is 0.660. The first-order valence-electron chi connectivity index (χ1n) is 8.22. The van der Waals surface area contributed by atoms with E-state index in [4.69, 9.17) is 15.3 Å². The van der Waals surface area contributed by atoms with Gasteiger partial charge in [-0.2, -0.15) is 0 Å². The normalized spacial score (nSPS) is 20.8. The topological polar surface area (TPSA) is 56.5 Å². The number of fused-ring (bicyclic) bond motifs is 1. The van der Waals surface area contributed by atoms with E-state index in [0.717, 1.165) is 43.5 Å². The second-order valence-corrected chi connectivity index (χ2v) is 6.22. The first-order valence-corrected chi connectivity index (χ1v) is 8.22. The highest BCUT2D eigenvalue weighted by Gasteiger charge is 2.21. The maximum absolute atomic E-state index is 5.81. The minimum atomic E-state index is 0.199. The largest absolute Gasteiger partial charge is 0.490 e. The molecular weight excluding hydrogens is 264 g/mol. The third-order valence-corrected chi connectivity index (χ3v) is 4.67. The fourth-order valence-corrected chi connectivity index (χ4v) is 3.45. The number of ether oxygens (including phenoxy) is 2. The van der Waals surface area contributed by atoms with Crippen molar-refractivity contribution in [2.45, 2.75) is 51.0 Å². The van der Waals surface area contributed by atoms with E-state index in [9.17, 15) is 0 Å². The van der Waals surface area contributed by atoms with Crippen LogP contribution < -0.4 is 20.7 Å². The summed E-state index contributed by atoms with van der Waals surface area (Å²) < 4.78 is 11.5. The fraction of sp³-hybridized carbons (Fsp3) is 0.647. The van der Waals surface area contributed by atoms with Crippen molar-refractivity contribution < 1.29 is 9.47 Å². The van der Waals surface area contributed by atoms with Gasteiger partial charge in [0.2, 0.25) is 0 Å². The number of hydrazine groups is 1. The van der Waals surface area contributed by atoms with E-state index in [2.05, 4.69) is 17.6 Å². The molecule has 1 heterocycles. The lowest BCUT2D eigenvalue weighted by molar-refractivity contribution is 0.295. The number of rotatable bonds is 4. The zero-order valence-corrected chi connectivity index (χ0v) is 12.6. The maximum Gasteiger partial charge on any atom is 0.161 e. The van der Waals surface area contributed by atoms with Crippen LogP contribution in [0.15, 0.2) is 18.2 Å². The van der Waals surface area contributed by atoms with Gasteiger partial charge in [0.1, 0.15) is 0 Å². The Hall–Kier alpha value is -1.26. The first-order chi connectivity index (χ1) is 10.4. The average molecular weight is 290 g/mol. The first kappa shape index (κ1) is 14.7. The Morgan fingerprint density at radius 1 is 1.05 bits per heavy atom. The molecule has 0 spiro atoms. The predicted molar refractivity (Wildman–Crippen MR) is 83.3 cm³/mol. The van der Waals surface area contributed by atoms with Crippen LogP contribution in [-0.2, 0) is 0 Å². The lowest BCUT2D eigenvalue weighted by Crippen LogP contribution is -2.30.